The Morgan fingerprint density at radius 1 is 0.657 bits per heavy atom. The Labute approximate surface area is 200 Å². The van der Waals surface area contributed by atoms with Crippen molar-refractivity contribution in [2.75, 3.05) is 0 Å². The smallest absolute Gasteiger partial charge is 0.148 e. The summed E-state index contributed by atoms with van der Waals surface area (Å²) in [4.78, 5) is 14.2. The molecule has 0 saturated carbocycles. The molecule has 0 unspecified atom stereocenters. The Balaban J connectivity index is 1.48. The van der Waals surface area contributed by atoms with Crippen LogP contribution in [-0.4, -0.2) is 19.4 Å². The molecule has 0 aliphatic heterocycles. The maximum absolute atomic E-state index is 5.11. The first-order chi connectivity index (χ1) is 17.4. The minimum atomic E-state index is 0.894. The van der Waals surface area contributed by atoms with Gasteiger partial charge in [0.15, 0.2) is 0 Å². The number of hydrogen-bond acceptors (Lipinski definition) is 3. The summed E-state index contributed by atoms with van der Waals surface area (Å²) in [7, 11) is 0. The van der Waals surface area contributed by atoms with Crippen molar-refractivity contribution >= 4 is 38.5 Å². The van der Waals surface area contributed by atoms with E-state index in [9.17, 15) is 0 Å². The molecule has 162 valence electrons. The number of nitrogens with zero attached hydrogens (tertiary/aromatic N) is 4. The van der Waals surface area contributed by atoms with E-state index in [-0.39, 0.29) is 0 Å². The molecule has 0 fully saturated rings. The quantitative estimate of drug-likeness (QED) is 0.243. The fraction of sp³-hybridized carbons (Fsp3) is 0.0645. The molecule has 0 saturated heterocycles. The van der Waals surface area contributed by atoms with Gasteiger partial charge in [-0.25, -0.2) is 9.97 Å². The molecular weight excluding hydrogens is 428 g/mol. The third-order valence-corrected chi connectivity index (χ3v) is 7.96. The van der Waals surface area contributed by atoms with E-state index in [0.717, 1.165) is 40.6 Å². The predicted octanol–water partition coefficient (Wildman–Crippen LogP) is 6.73. The summed E-state index contributed by atoms with van der Waals surface area (Å²) < 4.78 is 2.22. The molecule has 4 heterocycles. The molecule has 0 bridgehead atoms. The van der Waals surface area contributed by atoms with E-state index in [4.69, 9.17) is 9.97 Å². The second kappa shape index (κ2) is 6.10. The van der Waals surface area contributed by atoms with E-state index in [1.807, 2.05) is 30.7 Å². The predicted molar refractivity (Wildman–Crippen MR) is 140 cm³/mol. The van der Waals surface area contributed by atoms with Gasteiger partial charge in [0, 0.05) is 23.2 Å². The van der Waals surface area contributed by atoms with Gasteiger partial charge in [0.2, 0.25) is 0 Å². The number of pyridine rings is 3. The van der Waals surface area contributed by atoms with Gasteiger partial charge in [0.25, 0.3) is 0 Å². The number of hydrogen-bond donors (Lipinski definition) is 0. The van der Waals surface area contributed by atoms with Crippen molar-refractivity contribution in [3.63, 3.8) is 0 Å². The summed E-state index contributed by atoms with van der Waals surface area (Å²) in [5, 5.41) is 3.56. The highest BCUT2D eigenvalue weighted by atomic mass is 15.1. The first-order valence-corrected chi connectivity index (χ1v) is 12.0. The van der Waals surface area contributed by atoms with Crippen LogP contribution in [0.1, 0.15) is 22.3 Å². The third kappa shape index (κ3) is 2.11. The van der Waals surface area contributed by atoms with E-state index in [2.05, 4.69) is 64.0 Å². The zero-order valence-electron chi connectivity index (χ0n) is 18.8. The van der Waals surface area contributed by atoms with E-state index >= 15 is 0 Å². The van der Waals surface area contributed by atoms with Gasteiger partial charge < -0.3 is 0 Å². The highest BCUT2D eigenvalue weighted by Gasteiger charge is 2.30. The highest BCUT2D eigenvalue weighted by molar-refractivity contribution is 6.19. The lowest BCUT2D eigenvalue weighted by Gasteiger charge is -2.13. The Hall–Kier alpha value is -4.57. The molecule has 4 heteroatoms. The van der Waals surface area contributed by atoms with Crippen LogP contribution in [0.25, 0.3) is 60.7 Å². The summed E-state index contributed by atoms with van der Waals surface area (Å²) in [6.07, 6.45) is 7.53. The molecule has 0 atom stereocenters. The molecule has 4 nitrogen and oxygen atoms in total. The van der Waals surface area contributed by atoms with Gasteiger partial charge in [-0.15, -0.1) is 0 Å². The summed E-state index contributed by atoms with van der Waals surface area (Å²) in [5.74, 6) is 0. The monoisotopic (exact) mass is 446 g/mol. The van der Waals surface area contributed by atoms with Gasteiger partial charge in [-0.2, -0.15) is 0 Å². The van der Waals surface area contributed by atoms with E-state index in [0.29, 0.717) is 0 Å². The van der Waals surface area contributed by atoms with Crippen molar-refractivity contribution in [3.8, 4) is 22.3 Å². The fourth-order valence-corrected chi connectivity index (χ4v) is 6.57. The Kier molecular flexibility index (Phi) is 3.11. The Bertz CT molecular complexity index is 2070. The average molecular weight is 447 g/mol. The Morgan fingerprint density at radius 3 is 2.57 bits per heavy atom. The van der Waals surface area contributed by atoms with Crippen LogP contribution in [0.5, 0.6) is 0 Å². The van der Waals surface area contributed by atoms with Crippen molar-refractivity contribution in [2.45, 2.75) is 12.8 Å². The van der Waals surface area contributed by atoms with Crippen molar-refractivity contribution in [1.29, 1.82) is 0 Å². The van der Waals surface area contributed by atoms with Crippen molar-refractivity contribution < 1.29 is 0 Å². The van der Waals surface area contributed by atoms with Gasteiger partial charge in [-0.3, -0.25) is 9.38 Å². The lowest BCUT2D eigenvalue weighted by Crippen LogP contribution is -1.95. The molecule has 3 aromatic carbocycles. The van der Waals surface area contributed by atoms with Crippen LogP contribution in [0.4, 0.5) is 0 Å². The van der Waals surface area contributed by atoms with Gasteiger partial charge in [-0.05, 0) is 80.9 Å². The maximum atomic E-state index is 5.11. The van der Waals surface area contributed by atoms with Gasteiger partial charge in [0.1, 0.15) is 16.8 Å². The van der Waals surface area contributed by atoms with Crippen LogP contribution in [0.3, 0.4) is 0 Å². The van der Waals surface area contributed by atoms with Crippen LogP contribution in [-0.2, 0) is 12.8 Å². The summed E-state index contributed by atoms with van der Waals surface area (Å²) in [6, 6.07) is 24.4. The van der Waals surface area contributed by atoms with Crippen LogP contribution in [0.15, 0.2) is 85.3 Å². The first-order valence-electron chi connectivity index (χ1n) is 12.0. The SMILES string of the molecule is c1ccc2c(c1)Cc1ccc3c(c1-2)Cc1ccc2c4cccnc4n4c5ccncc5nc4c2c1-3. The van der Waals surface area contributed by atoms with Gasteiger partial charge in [0.05, 0.1) is 11.7 Å². The molecular formula is C31H18N4. The summed E-state index contributed by atoms with van der Waals surface area (Å²) >= 11 is 0. The lowest BCUT2D eigenvalue weighted by molar-refractivity contribution is 1.23. The molecule has 9 rings (SSSR count). The number of fused-ring (bicyclic) bond motifs is 16. The third-order valence-electron chi connectivity index (χ3n) is 7.96. The molecule has 0 spiro atoms. The summed E-state index contributed by atoms with van der Waals surface area (Å²) in [5.41, 5.74) is 15.0. The average Bonchev–Trinajstić information content (AvgIpc) is 3.59. The van der Waals surface area contributed by atoms with Crippen molar-refractivity contribution in [1.82, 2.24) is 19.4 Å². The van der Waals surface area contributed by atoms with E-state index in [1.54, 1.807) is 0 Å². The van der Waals surface area contributed by atoms with E-state index < -0.39 is 0 Å². The molecule has 2 aliphatic rings. The molecule has 4 aromatic heterocycles. The molecule has 7 aromatic rings. The standard InChI is InChI=1S/C31H18N4/c1-2-5-20-17(4-1)14-18-7-10-22-24(27(18)20)15-19-8-9-21-23-6-3-12-33-30(23)35-26-11-13-32-16-25(26)34-31(35)29(21)28(19)22/h1-13,16H,14-15H2. The Morgan fingerprint density at radius 2 is 1.57 bits per heavy atom. The topological polar surface area (TPSA) is 43.1 Å². The molecule has 0 amide bonds. The highest BCUT2D eigenvalue weighted by Crippen LogP contribution is 2.50. The summed E-state index contributed by atoms with van der Waals surface area (Å²) in [6.45, 7) is 0. The van der Waals surface area contributed by atoms with Crippen LogP contribution >= 0.6 is 0 Å². The van der Waals surface area contributed by atoms with Crippen molar-refractivity contribution in [3.05, 3.63) is 108 Å². The molecule has 2 aliphatic carbocycles. The van der Waals surface area contributed by atoms with Crippen molar-refractivity contribution in [2.24, 2.45) is 0 Å². The number of imidazole rings is 1. The second-order valence-corrected chi connectivity index (χ2v) is 9.67. The zero-order valence-corrected chi connectivity index (χ0v) is 18.8. The molecule has 0 N–H and O–H groups in total. The first kappa shape index (κ1) is 17.8. The normalized spacial score (nSPS) is 13.5. The minimum absolute atomic E-state index is 0.894. The maximum Gasteiger partial charge on any atom is 0.148 e. The molecule has 35 heavy (non-hydrogen) atoms. The largest absolute Gasteiger partial charge is 0.276 e. The van der Waals surface area contributed by atoms with Crippen LogP contribution in [0, 0.1) is 0 Å². The fourth-order valence-electron chi connectivity index (χ4n) is 6.57. The lowest BCUT2D eigenvalue weighted by atomic mass is 9.94. The second-order valence-electron chi connectivity index (χ2n) is 9.67. The van der Waals surface area contributed by atoms with Gasteiger partial charge in [-0.1, -0.05) is 48.5 Å². The van der Waals surface area contributed by atoms with Crippen LogP contribution in [0.2, 0.25) is 0 Å². The molecule has 0 radical (unpaired) electrons. The number of aromatic nitrogens is 4. The number of rotatable bonds is 0. The van der Waals surface area contributed by atoms with E-state index in [1.165, 1.54) is 55.3 Å². The number of benzene rings is 3. The van der Waals surface area contributed by atoms with Crippen LogP contribution < -0.4 is 0 Å². The van der Waals surface area contributed by atoms with Gasteiger partial charge >= 0.3 is 0 Å². The zero-order chi connectivity index (χ0) is 22.7. The minimum Gasteiger partial charge on any atom is -0.276 e.